The summed E-state index contributed by atoms with van der Waals surface area (Å²) in [6, 6.07) is 15.3. The van der Waals surface area contributed by atoms with Gasteiger partial charge in [-0.15, -0.1) is 0 Å². The fourth-order valence-electron chi connectivity index (χ4n) is 2.85. The van der Waals surface area contributed by atoms with Crippen molar-refractivity contribution in [2.24, 2.45) is 7.05 Å². The molecule has 0 saturated carbocycles. The number of hydrogen-bond donors (Lipinski definition) is 0. The number of para-hydroxylation sites is 2. The summed E-state index contributed by atoms with van der Waals surface area (Å²) in [5.41, 5.74) is 2.43. The molecule has 0 amide bonds. The molecule has 2 aliphatic rings. The molecule has 2 aromatic carbocycles. The number of aromatic nitrogens is 4. The topological polar surface area (TPSA) is 69.8 Å². The van der Waals surface area contributed by atoms with Crippen LogP contribution >= 0.6 is 0 Å². The van der Waals surface area contributed by atoms with Crippen LogP contribution in [0.15, 0.2) is 58.1 Å². The third kappa shape index (κ3) is 1.96. The molecule has 0 aromatic heterocycles. The van der Waals surface area contributed by atoms with Crippen LogP contribution in [0.4, 0.5) is 0 Å². The lowest BCUT2D eigenvalue weighted by Gasteiger charge is -2.18. The number of rotatable bonds is 1. The fourth-order valence-corrected chi connectivity index (χ4v) is 2.85. The molecule has 0 N–H and O–H groups in total. The Morgan fingerprint density at radius 1 is 0.917 bits per heavy atom. The van der Waals surface area contributed by atoms with Crippen LogP contribution in [0, 0.1) is 6.92 Å². The Bertz CT molecular complexity index is 1160. The van der Waals surface area contributed by atoms with E-state index in [0.717, 1.165) is 21.3 Å². The number of nitrogens with zero attached hydrogens (tertiary/aromatic N) is 4. The van der Waals surface area contributed by atoms with Crippen LogP contribution in [-0.4, -0.2) is 19.1 Å². The number of aryl methyl sites for hydroxylation is 1. The van der Waals surface area contributed by atoms with Gasteiger partial charge in [0.25, 0.3) is 5.56 Å². The van der Waals surface area contributed by atoms with E-state index in [1.54, 1.807) is 0 Å². The van der Waals surface area contributed by atoms with Crippen LogP contribution in [0.25, 0.3) is 28.2 Å². The summed E-state index contributed by atoms with van der Waals surface area (Å²) in [6.45, 7) is 1.94. The Kier molecular flexibility index (Phi) is 3.06. The molecule has 118 valence electrons. The summed E-state index contributed by atoms with van der Waals surface area (Å²) >= 11 is 0. The van der Waals surface area contributed by atoms with Gasteiger partial charge in [-0.3, -0.25) is 13.9 Å². The van der Waals surface area contributed by atoms with Crippen molar-refractivity contribution in [1.29, 1.82) is 0 Å². The Morgan fingerprint density at radius 3 is 2.42 bits per heavy atom. The summed E-state index contributed by atoms with van der Waals surface area (Å²) < 4.78 is 2.79. The predicted octanol–water partition coefficient (Wildman–Crippen LogP) is 1.89. The monoisotopic (exact) mass is 318 g/mol. The highest BCUT2D eigenvalue weighted by Crippen LogP contribution is 2.26. The lowest BCUT2D eigenvalue weighted by Crippen LogP contribution is -2.36. The Hall–Kier alpha value is -3.28. The van der Waals surface area contributed by atoms with Crippen molar-refractivity contribution in [2.75, 3.05) is 0 Å². The van der Waals surface area contributed by atoms with Crippen molar-refractivity contribution >= 4 is 11.0 Å². The standard InChI is InChI=1S/C18H14N4O2/c1-11-7-6-10-13-14(11)19-15-16(20-18(24)21(2)17(15)23)22(13)12-8-4-3-5-9-12/h3-10H,1-2H3. The van der Waals surface area contributed by atoms with Gasteiger partial charge < -0.3 is 0 Å². The van der Waals surface area contributed by atoms with E-state index in [1.807, 2.05) is 60.0 Å². The van der Waals surface area contributed by atoms with Crippen LogP contribution in [0.3, 0.4) is 0 Å². The molecule has 2 aromatic rings. The smallest absolute Gasteiger partial charge is 0.291 e. The predicted molar refractivity (Wildman–Crippen MR) is 91.7 cm³/mol. The van der Waals surface area contributed by atoms with Gasteiger partial charge in [-0.2, -0.15) is 4.98 Å². The maximum Gasteiger partial charge on any atom is 0.352 e. The Balaban J connectivity index is 2.32. The highest BCUT2D eigenvalue weighted by molar-refractivity contribution is 5.84. The largest absolute Gasteiger partial charge is 0.352 e. The van der Waals surface area contributed by atoms with E-state index in [2.05, 4.69) is 9.97 Å². The summed E-state index contributed by atoms with van der Waals surface area (Å²) in [5.74, 6) is 0.271. The van der Waals surface area contributed by atoms with E-state index in [1.165, 1.54) is 7.05 Å². The van der Waals surface area contributed by atoms with Crippen molar-refractivity contribution in [2.45, 2.75) is 6.92 Å². The van der Waals surface area contributed by atoms with Gasteiger partial charge in [-0.05, 0) is 30.7 Å². The van der Waals surface area contributed by atoms with Gasteiger partial charge in [0.2, 0.25) is 0 Å². The molecule has 24 heavy (non-hydrogen) atoms. The molecule has 4 rings (SSSR count). The summed E-state index contributed by atoms with van der Waals surface area (Å²) in [5, 5.41) is 0. The van der Waals surface area contributed by atoms with E-state index in [-0.39, 0.29) is 11.5 Å². The average molecular weight is 318 g/mol. The highest BCUT2D eigenvalue weighted by Gasteiger charge is 2.21. The zero-order valence-electron chi connectivity index (χ0n) is 13.2. The Labute approximate surface area is 137 Å². The lowest BCUT2D eigenvalue weighted by atomic mass is 10.1. The van der Waals surface area contributed by atoms with Gasteiger partial charge in [0, 0.05) is 12.7 Å². The Morgan fingerprint density at radius 2 is 1.67 bits per heavy atom. The minimum atomic E-state index is -0.592. The van der Waals surface area contributed by atoms with Crippen molar-refractivity contribution in [3.05, 3.63) is 74.9 Å². The third-order valence-corrected chi connectivity index (χ3v) is 4.11. The quantitative estimate of drug-likeness (QED) is 0.503. The van der Waals surface area contributed by atoms with Crippen molar-refractivity contribution in [1.82, 2.24) is 19.1 Å². The van der Waals surface area contributed by atoms with E-state index < -0.39 is 11.2 Å². The molecule has 2 heterocycles. The minimum Gasteiger partial charge on any atom is -0.291 e. The van der Waals surface area contributed by atoms with Gasteiger partial charge in [0.15, 0.2) is 11.5 Å². The molecule has 0 spiro atoms. The van der Waals surface area contributed by atoms with Gasteiger partial charge in [0.1, 0.15) is 0 Å². The van der Waals surface area contributed by atoms with E-state index in [0.29, 0.717) is 5.52 Å². The maximum absolute atomic E-state index is 12.5. The second kappa shape index (κ2) is 5.13. The van der Waals surface area contributed by atoms with Crippen LogP contribution in [0.1, 0.15) is 5.56 Å². The van der Waals surface area contributed by atoms with Gasteiger partial charge >= 0.3 is 5.69 Å². The van der Waals surface area contributed by atoms with Gasteiger partial charge in [0.05, 0.1) is 11.0 Å². The van der Waals surface area contributed by atoms with Crippen LogP contribution in [-0.2, 0) is 7.05 Å². The SMILES string of the molecule is Cc1cccc2c1nc1c(=O)n(C)c(=O)nc-1n2-c1ccccc1. The second-order valence-electron chi connectivity index (χ2n) is 5.66. The van der Waals surface area contributed by atoms with Gasteiger partial charge in [-0.25, -0.2) is 9.78 Å². The second-order valence-corrected chi connectivity index (χ2v) is 5.66. The highest BCUT2D eigenvalue weighted by atomic mass is 16.2. The van der Waals surface area contributed by atoms with Crippen molar-refractivity contribution < 1.29 is 0 Å². The fraction of sp³-hybridized carbons (Fsp3) is 0.111. The molecule has 0 radical (unpaired) electrons. The number of benzene rings is 2. The molecule has 6 heteroatoms. The van der Waals surface area contributed by atoms with E-state index in [9.17, 15) is 9.59 Å². The molecule has 0 saturated heterocycles. The minimum absolute atomic E-state index is 0.183. The van der Waals surface area contributed by atoms with E-state index in [4.69, 9.17) is 0 Å². The van der Waals surface area contributed by atoms with Crippen molar-refractivity contribution in [3.8, 4) is 17.2 Å². The third-order valence-electron chi connectivity index (χ3n) is 4.11. The molecule has 0 unspecified atom stereocenters. The molecule has 6 nitrogen and oxygen atoms in total. The lowest BCUT2D eigenvalue weighted by molar-refractivity contribution is 0.759. The first kappa shape index (κ1) is 14.3. The first-order chi connectivity index (χ1) is 11.6. The molecule has 0 fully saturated rings. The number of fused-ring (bicyclic) bond motifs is 2. The average Bonchev–Trinajstić information content (AvgIpc) is 2.60. The molecular formula is C18H14N4O2. The van der Waals surface area contributed by atoms with Crippen molar-refractivity contribution in [3.63, 3.8) is 0 Å². The summed E-state index contributed by atoms with van der Waals surface area (Å²) in [4.78, 5) is 33.2. The zero-order valence-corrected chi connectivity index (χ0v) is 13.2. The molecule has 0 bridgehead atoms. The maximum atomic E-state index is 12.5. The molecule has 0 atom stereocenters. The first-order valence-electron chi connectivity index (χ1n) is 7.52. The zero-order chi connectivity index (χ0) is 16.8. The normalized spacial score (nSPS) is 11.2. The molecule has 2 aliphatic heterocycles. The molecular weight excluding hydrogens is 304 g/mol. The van der Waals surface area contributed by atoms with Gasteiger partial charge in [-0.1, -0.05) is 30.3 Å². The van der Waals surface area contributed by atoms with Crippen LogP contribution in [0.2, 0.25) is 0 Å². The number of hydrogen-bond acceptors (Lipinski definition) is 4. The summed E-state index contributed by atoms with van der Waals surface area (Å²) in [6.07, 6.45) is 0. The van der Waals surface area contributed by atoms with E-state index >= 15 is 0 Å². The van der Waals surface area contributed by atoms with Crippen LogP contribution in [0.5, 0.6) is 0 Å². The first-order valence-corrected chi connectivity index (χ1v) is 7.52. The molecule has 0 aliphatic carbocycles. The van der Waals surface area contributed by atoms with Crippen LogP contribution < -0.4 is 11.2 Å². The summed E-state index contributed by atoms with van der Waals surface area (Å²) in [7, 11) is 1.41.